The lowest BCUT2D eigenvalue weighted by Crippen LogP contribution is -2.45. The van der Waals surface area contributed by atoms with Crippen molar-refractivity contribution >= 4 is 34.1 Å². The maximum atomic E-state index is 9.82. The van der Waals surface area contributed by atoms with Crippen LogP contribution in [-0.2, 0) is 11.3 Å². The third kappa shape index (κ3) is 7.00. The van der Waals surface area contributed by atoms with Crippen LogP contribution in [0.2, 0.25) is 0 Å². The number of ether oxygens (including phenoxy) is 1. The molecule has 4 nitrogen and oxygen atoms in total. The summed E-state index contributed by atoms with van der Waals surface area (Å²) < 4.78 is 14.3. The first-order valence-electron chi connectivity index (χ1n) is 10.3. The molecule has 0 aliphatic carbocycles. The van der Waals surface area contributed by atoms with Gasteiger partial charge in [0.05, 0.1) is 12.2 Å². The Labute approximate surface area is 189 Å². The van der Waals surface area contributed by atoms with Gasteiger partial charge in [0.1, 0.15) is 11.5 Å². The number of aliphatic hydroxyl groups excluding tert-OH is 1. The molecular formula is C23H34BNO3PS. The number of benzene rings is 2. The first kappa shape index (κ1) is 25.2. The second kappa shape index (κ2) is 11.0. The molecule has 2 aromatic rings. The Bertz CT molecular complexity index is 805. The lowest BCUT2D eigenvalue weighted by molar-refractivity contribution is 0.0840. The van der Waals surface area contributed by atoms with Gasteiger partial charge in [-0.25, -0.2) is 4.31 Å². The van der Waals surface area contributed by atoms with Crippen molar-refractivity contribution in [1.82, 2.24) is 4.31 Å². The monoisotopic (exact) mass is 446 g/mol. The van der Waals surface area contributed by atoms with Gasteiger partial charge < -0.3 is 14.5 Å². The second-order valence-corrected chi connectivity index (χ2v) is 10.9. The first-order valence-corrected chi connectivity index (χ1v) is 11.7. The third-order valence-corrected chi connectivity index (χ3v) is 7.27. The van der Waals surface area contributed by atoms with E-state index in [4.69, 9.17) is 9.39 Å². The van der Waals surface area contributed by atoms with E-state index in [9.17, 15) is 5.11 Å². The van der Waals surface area contributed by atoms with E-state index in [0.717, 1.165) is 29.9 Å². The summed E-state index contributed by atoms with van der Waals surface area (Å²) in [6.07, 6.45) is 0. The van der Waals surface area contributed by atoms with E-state index >= 15 is 0 Å². The molecule has 0 aliphatic rings. The van der Waals surface area contributed by atoms with Crippen molar-refractivity contribution in [3.8, 4) is 11.5 Å². The summed E-state index contributed by atoms with van der Waals surface area (Å²) in [7, 11) is 4.55. The van der Waals surface area contributed by atoms with Crippen LogP contribution in [0.25, 0.3) is 0 Å². The van der Waals surface area contributed by atoms with Gasteiger partial charge in [0.2, 0.25) is 0 Å². The van der Waals surface area contributed by atoms with Crippen LogP contribution in [-0.4, -0.2) is 40.7 Å². The van der Waals surface area contributed by atoms with Gasteiger partial charge >= 0.3 is 7.48 Å². The molecule has 0 fully saturated rings. The fourth-order valence-electron chi connectivity index (χ4n) is 2.47. The lowest BCUT2D eigenvalue weighted by Gasteiger charge is -2.39. The van der Waals surface area contributed by atoms with Crippen LogP contribution in [0.3, 0.4) is 0 Å². The summed E-state index contributed by atoms with van der Waals surface area (Å²) in [6.45, 7) is 14.6. The summed E-state index contributed by atoms with van der Waals surface area (Å²) in [5.74, 6) is 1.45. The van der Waals surface area contributed by atoms with E-state index in [-0.39, 0.29) is 17.4 Å². The summed E-state index contributed by atoms with van der Waals surface area (Å²) in [5.41, 5.74) is 1.24. The molecule has 1 N–H and O–H groups in total. The van der Waals surface area contributed by atoms with Gasteiger partial charge in [-0.3, -0.25) is 0 Å². The van der Waals surface area contributed by atoms with Crippen LogP contribution in [0.5, 0.6) is 11.5 Å². The molecule has 0 saturated carbocycles. The molecule has 2 aromatic carbocycles. The highest BCUT2D eigenvalue weighted by Crippen LogP contribution is 2.33. The van der Waals surface area contributed by atoms with E-state index < -0.39 is 0 Å². The number of nitrogens with zero attached hydrogens (tertiary/aromatic N) is 1. The van der Waals surface area contributed by atoms with Crippen molar-refractivity contribution in [3.05, 3.63) is 48.0 Å². The zero-order chi connectivity index (χ0) is 22.4. The molecule has 1 unspecified atom stereocenters. The standard InChI is InChI=1S/C23H34BNO3PS/c1-7-25(8-2)30-20-12-9-18(10-13-20)27-19-11-14-21(17(15-19)16-26)24-28-22(3,4)23(5,6)29/h9-15,26H,7-8,16,29H2,1-6H3. The highest BCUT2D eigenvalue weighted by molar-refractivity contribution is 7.97. The van der Waals surface area contributed by atoms with Crippen molar-refractivity contribution in [2.75, 3.05) is 13.1 Å². The van der Waals surface area contributed by atoms with Crippen LogP contribution in [0.15, 0.2) is 47.4 Å². The minimum Gasteiger partial charge on any atom is -0.457 e. The van der Waals surface area contributed by atoms with Gasteiger partial charge in [-0.2, -0.15) is 0 Å². The summed E-state index contributed by atoms with van der Waals surface area (Å²) in [4.78, 5) is 1.18. The third-order valence-electron chi connectivity index (χ3n) is 5.32. The minimum absolute atomic E-state index is 0.0868. The maximum Gasteiger partial charge on any atom is 0.331 e. The van der Waals surface area contributed by atoms with Gasteiger partial charge in [0, 0.05) is 23.1 Å². The van der Waals surface area contributed by atoms with Crippen LogP contribution < -0.4 is 10.2 Å². The first-order chi connectivity index (χ1) is 14.1. The molecule has 7 heteroatoms. The molecule has 0 bridgehead atoms. The molecular weight excluding hydrogens is 412 g/mol. The smallest absolute Gasteiger partial charge is 0.331 e. The van der Waals surface area contributed by atoms with Gasteiger partial charge in [-0.1, -0.05) is 33.8 Å². The van der Waals surface area contributed by atoms with Crippen molar-refractivity contribution < 1.29 is 14.5 Å². The van der Waals surface area contributed by atoms with E-state index in [1.165, 1.54) is 4.90 Å². The molecule has 0 aromatic heterocycles. The number of hydrogen-bond donors (Lipinski definition) is 1. The van der Waals surface area contributed by atoms with Gasteiger partial charge in [-0.05, 0) is 73.2 Å². The van der Waals surface area contributed by atoms with Gasteiger partial charge in [-0.15, -0.1) is 9.24 Å². The molecule has 1 atom stereocenters. The topological polar surface area (TPSA) is 41.9 Å². The van der Waals surface area contributed by atoms with Gasteiger partial charge in [0.25, 0.3) is 0 Å². The summed E-state index contributed by atoms with van der Waals surface area (Å²) in [5, 5.41) is 9.73. The fourth-order valence-corrected chi connectivity index (χ4v) is 3.35. The summed E-state index contributed by atoms with van der Waals surface area (Å²) >= 11 is 1.75. The molecule has 1 radical (unpaired) electrons. The van der Waals surface area contributed by atoms with Crippen LogP contribution in [0.1, 0.15) is 47.1 Å². The summed E-state index contributed by atoms with van der Waals surface area (Å²) in [6, 6.07) is 13.7. The minimum atomic E-state index is -0.371. The highest BCUT2D eigenvalue weighted by Gasteiger charge is 2.33. The molecule has 0 spiro atoms. The van der Waals surface area contributed by atoms with E-state index in [1.54, 1.807) is 19.4 Å². The Morgan fingerprint density at radius 3 is 2.13 bits per heavy atom. The van der Waals surface area contributed by atoms with Crippen LogP contribution >= 0.6 is 21.2 Å². The number of rotatable bonds is 11. The second-order valence-electron chi connectivity index (χ2n) is 8.27. The van der Waals surface area contributed by atoms with Crippen molar-refractivity contribution in [1.29, 1.82) is 0 Å². The molecule has 0 amide bonds. The van der Waals surface area contributed by atoms with E-state index in [2.05, 4.69) is 67.2 Å². The Morgan fingerprint density at radius 2 is 1.60 bits per heavy atom. The van der Waals surface area contributed by atoms with E-state index in [0.29, 0.717) is 5.75 Å². The fraction of sp³-hybridized carbons (Fsp3) is 0.478. The number of aliphatic hydroxyl groups is 1. The maximum absolute atomic E-state index is 9.82. The van der Waals surface area contributed by atoms with E-state index in [1.807, 2.05) is 30.3 Å². The quantitative estimate of drug-likeness (QED) is 0.299. The zero-order valence-electron chi connectivity index (χ0n) is 18.9. The van der Waals surface area contributed by atoms with Crippen molar-refractivity contribution in [2.24, 2.45) is 0 Å². The SMILES string of the molecule is CCN(CC)Sc1ccc(Oc2ccc([B]OC(C)(C)C(C)(C)P)c(CO)c2)cc1. The molecule has 0 saturated heterocycles. The zero-order valence-corrected chi connectivity index (χ0v) is 20.9. The molecule has 2 rings (SSSR count). The predicted octanol–water partition coefficient (Wildman–Crippen LogP) is 5.01. The van der Waals surface area contributed by atoms with Gasteiger partial charge in [0.15, 0.2) is 0 Å². The lowest BCUT2D eigenvalue weighted by atomic mass is 9.81. The molecule has 30 heavy (non-hydrogen) atoms. The Hall–Kier alpha value is -1.04. The highest BCUT2D eigenvalue weighted by atomic mass is 32.2. The normalized spacial score (nSPS) is 12.3. The van der Waals surface area contributed by atoms with Crippen molar-refractivity contribution in [3.63, 3.8) is 0 Å². The molecule has 163 valence electrons. The Morgan fingerprint density at radius 1 is 1.00 bits per heavy atom. The average Bonchev–Trinajstić information content (AvgIpc) is 2.71. The van der Waals surface area contributed by atoms with Crippen LogP contribution in [0.4, 0.5) is 0 Å². The Balaban J connectivity index is 2.06. The van der Waals surface area contributed by atoms with Crippen LogP contribution in [0, 0.1) is 0 Å². The Kier molecular flexibility index (Phi) is 9.26. The molecule has 0 heterocycles. The average molecular weight is 446 g/mol. The number of hydrogen-bond acceptors (Lipinski definition) is 5. The largest absolute Gasteiger partial charge is 0.457 e. The van der Waals surface area contributed by atoms with Crippen molar-refractivity contribution in [2.45, 2.75) is 63.8 Å². The predicted molar refractivity (Wildman–Crippen MR) is 132 cm³/mol. The molecule has 0 aliphatic heterocycles.